The summed E-state index contributed by atoms with van der Waals surface area (Å²) in [6.07, 6.45) is 0. The van der Waals surface area contributed by atoms with E-state index in [4.69, 9.17) is 0 Å². The van der Waals surface area contributed by atoms with Crippen LogP contribution in [0.2, 0.25) is 0 Å². The molecule has 0 spiro atoms. The second-order valence-electron chi connectivity index (χ2n) is 7.22. The van der Waals surface area contributed by atoms with Crippen LogP contribution in [0.1, 0.15) is 24.1 Å². The van der Waals surface area contributed by atoms with Gasteiger partial charge in [0.2, 0.25) is 5.91 Å². The number of amides is 3. The molecule has 1 aliphatic heterocycles. The fourth-order valence-corrected chi connectivity index (χ4v) is 3.97. The second kappa shape index (κ2) is 10.4. The Morgan fingerprint density at radius 3 is 2.34 bits per heavy atom. The number of nitrogens with zero attached hydrogens (tertiary/aromatic N) is 2. The zero-order valence-corrected chi connectivity index (χ0v) is 18.2. The summed E-state index contributed by atoms with van der Waals surface area (Å²) in [5.41, 5.74) is 2.14. The van der Waals surface area contributed by atoms with Crippen molar-refractivity contribution in [3.8, 4) is 0 Å². The van der Waals surface area contributed by atoms with Crippen molar-refractivity contribution in [2.45, 2.75) is 19.5 Å². The van der Waals surface area contributed by atoms with E-state index in [1.807, 2.05) is 66.4 Å². The van der Waals surface area contributed by atoms with Gasteiger partial charge in [-0.3, -0.25) is 9.69 Å². The SMILES string of the molecule is CC(NC(=O)N1CCN(CC(=O)NCc2ccccc2)CC1)c1ccccc1Br. The van der Waals surface area contributed by atoms with Crippen LogP contribution in [0.5, 0.6) is 0 Å². The van der Waals surface area contributed by atoms with E-state index in [1.165, 1.54) is 0 Å². The van der Waals surface area contributed by atoms with E-state index in [2.05, 4.69) is 31.5 Å². The quantitative estimate of drug-likeness (QED) is 0.698. The number of carbonyl (C=O) groups excluding carboxylic acids is 2. The molecule has 3 amide bonds. The fraction of sp³-hybridized carbons (Fsp3) is 0.364. The van der Waals surface area contributed by atoms with E-state index >= 15 is 0 Å². The molecule has 0 aliphatic carbocycles. The van der Waals surface area contributed by atoms with Crippen LogP contribution < -0.4 is 10.6 Å². The highest BCUT2D eigenvalue weighted by Gasteiger charge is 2.23. The van der Waals surface area contributed by atoms with Gasteiger partial charge in [-0.25, -0.2) is 4.79 Å². The Bertz CT molecular complexity index is 823. The summed E-state index contributed by atoms with van der Waals surface area (Å²) in [6.45, 7) is 5.47. The molecular weight excluding hydrogens is 432 g/mol. The fourth-order valence-electron chi connectivity index (χ4n) is 3.35. The second-order valence-corrected chi connectivity index (χ2v) is 8.07. The summed E-state index contributed by atoms with van der Waals surface area (Å²) in [4.78, 5) is 28.7. The molecule has 1 atom stereocenters. The van der Waals surface area contributed by atoms with E-state index in [0.717, 1.165) is 15.6 Å². The molecule has 1 unspecified atom stereocenters. The third-order valence-corrected chi connectivity index (χ3v) is 5.79. The summed E-state index contributed by atoms with van der Waals surface area (Å²) in [5.74, 6) is 0.00862. The molecule has 1 fully saturated rings. The van der Waals surface area contributed by atoms with E-state index in [1.54, 1.807) is 0 Å². The highest BCUT2D eigenvalue weighted by molar-refractivity contribution is 9.10. The lowest BCUT2D eigenvalue weighted by Crippen LogP contribution is -2.53. The topological polar surface area (TPSA) is 64.7 Å². The van der Waals surface area contributed by atoms with Gasteiger partial charge in [0.1, 0.15) is 0 Å². The van der Waals surface area contributed by atoms with Crippen LogP contribution in [-0.2, 0) is 11.3 Å². The maximum Gasteiger partial charge on any atom is 0.317 e. The number of rotatable bonds is 6. The van der Waals surface area contributed by atoms with E-state index in [9.17, 15) is 9.59 Å². The van der Waals surface area contributed by atoms with Crippen LogP contribution in [0.25, 0.3) is 0 Å². The van der Waals surface area contributed by atoms with Crippen molar-refractivity contribution in [2.75, 3.05) is 32.7 Å². The standard InChI is InChI=1S/C22H27BrN4O2/c1-17(19-9-5-6-10-20(19)23)25-22(29)27-13-11-26(12-14-27)16-21(28)24-15-18-7-3-2-4-8-18/h2-10,17H,11-16H2,1H3,(H,24,28)(H,25,29). The summed E-state index contributed by atoms with van der Waals surface area (Å²) < 4.78 is 0.985. The lowest BCUT2D eigenvalue weighted by Gasteiger charge is -2.35. The van der Waals surface area contributed by atoms with Crippen molar-refractivity contribution in [1.82, 2.24) is 20.4 Å². The monoisotopic (exact) mass is 458 g/mol. The van der Waals surface area contributed by atoms with Crippen molar-refractivity contribution in [3.05, 3.63) is 70.2 Å². The number of benzene rings is 2. The van der Waals surface area contributed by atoms with Gasteiger partial charge in [-0.2, -0.15) is 0 Å². The Balaban J connectivity index is 1.40. The number of urea groups is 1. The molecule has 0 aromatic heterocycles. The zero-order valence-electron chi connectivity index (χ0n) is 16.6. The Morgan fingerprint density at radius 1 is 1.00 bits per heavy atom. The molecule has 0 saturated carbocycles. The highest BCUT2D eigenvalue weighted by atomic mass is 79.9. The summed E-state index contributed by atoms with van der Waals surface area (Å²) >= 11 is 3.53. The molecule has 29 heavy (non-hydrogen) atoms. The highest BCUT2D eigenvalue weighted by Crippen LogP contribution is 2.22. The van der Waals surface area contributed by atoms with E-state index < -0.39 is 0 Å². The average molecular weight is 459 g/mol. The first-order valence-corrected chi connectivity index (χ1v) is 10.6. The summed E-state index contributed by atoms with van der Waals surface area (Å²) in [6, 6.07) is 17.6. The molecule has 2 aromatic rings. The molecule has 1 aliphatic rings. The molecule has 3 rings (SSSR count). The van der Waals surface area contributed by atoms with Gasteiger partial charge in [0.15, 0.2) is 0 Å². The van der Waals surface area contributed by atoms with E-state index in [-0.39, 0.29) is 18.0 Å². The Kier molecular flexibility index (Phi) is 7.66. The van der Waals surface area contributed by atoms with Crippen LogP contribution in [0.3, 0.4) is 0 Å². The summed E-state index contributed by atoms with van der Waals surface area (Å²) in [7, 11) is 0. The van der Waals surface area contributed by atoms with Crippen molar-refractivity contribution in [1.29, 1.82) is 0 Å². The van der Waals surface area contributed by atoms with Gasteiger partial charge in [-0.15, -0.1) is 0 Å². The maximum absolute atomic E-state index is 12.6. The van der Waals surface area contributed by atoms with Gasteiger partial charge in [-0.1, -0.05) is 64.5 Å². The predicted octanol–water partition coefficient (Wildman–Crippen LogP) is 3.15. The zero-order chi connectivity index (χ0) is 20.6. The molecular formula is C22H27BrN4O2. The number of carbonyl (C=O) groups is 2. The van der Waals surface area contributed by atoms with Crippen molar-refractivity contribution < 1.29 is 9.59 Å². The first-order valence-electron chi connectivity index (χ1n) is 9.86. The lowest BCUT2D eigenvalue weighted by molar-refractivity contribution is -0.122. The van der Waals surface area contributed by atoms with Crippen LogP contribution in [0.4, 0.5) is 4.79 Å². The molecule has 154 valence electrons. The van der Waals surface area contributed by atoms with Crippen molar-refractivity contribution in [2.24, 2.45) is 0 Å². The molecule has 1 saturated heterocycles. The van der Waals surface area contributed by atoms with Gasteiger partial charge in [0.05, 0.1) is 12.6 Å². The smallest absolute Gasteiger partial charge is 0.317 e. The Hall–Kier alpha value is -2.38. The number of nitrogens with one attached hydrogen (secondary N) is 2. The summed E-state index contributed by atoms with van der Waals surface area (Å²) in [5, 5.41) is 6.01. The lowest BCUT2D eigenvalue weighted by atomic mass is 10.1. The van der Waals surface area contributed by atoms with Crippen LogP contribution in [0.15, 0.2) is 59.1 Å². The van der Waals surface area contributed by atoms with Gasteiger partial charge in [0, 0.05) is 37.2 Å². The third kappa shape index (κ3) is 6.30. The number of hydrogen-bond acceptors (Lipinski definition) is 3. The third-order valence-electron chi connectivity index (χ3n) is 5.07. The minimum Gasteiger partial charge on any atom is -0.351 e. The minimum absolute atomic E-state index is 0.00862. The van der Waals surface area contributed by atoms with Gasteiger partial charge >= 0.3 is 6.03 Å². The van der Waals surface area contributed by atoms with Crippen molar-refractivity contribution >= 4 is 27.9 Å². The largest absolute Gasteiger partial charge is 0.351 e. The molecule has 7 heteroatoms. The first kappa shape index (κ1) is 21.3. The normalized spacial score (nSPS) is 15.6. The van der Waals surface area contributed by atoms with Crippen LogP contribution >= 0.6 is 15.9 Å². The predicted molar refractivity (Wildman–Crippen MR) is 117 cm³/mol. The average Bonchev–Trinajstić information content (AvgIpc) is 2.74. The number of halogens is 1. The number of hydrogen-bond donors (Lipinski definition) is 2. The molecule has 2 aromatic carbocycles. The van der Waals surface area contributed by atoms with Crippen LogP contribution in [0, 0.1) is 0 Å². The van der Waals surface area contributed by atoms with Gasteiger partial charge in [0.25, 0.3) is 0 Å². The molecule has 6 nitrogen and oxygen atoms in total. The van der Waals surface area contributed by atoms with Crippen LogP contribution in [-0.4, -0.2) is 54.5 Å². The first-order chi connectivity index (χ1) is 14.0. The van der Waals surface area contributed by atoms with E-state index in [0.29, 0.717) is 39.3 Å². The molecule has 0 radical (unpaired) electrons. The molecule has 0 bridgehead atoms. The maximum atomic E-state index is 12.6. The Labute approximate surface area is 180 Å². The minimum atomic E-state index is -0.0835. The van der Waals surface area contributed by atoms with Gasteiger partial charge < -0.3 is 15.5 Å². The molecule has 1 heterocycles. The molecule has 2 N–H and O–H groups in total. The number of piperazine rings is 1. The Morgan fingerprint density at radius 2 is 1.66 bits per heavy atom. The van der Waals surface area contributed by atoms with Crippen molar-refractivity contribution in [3.63, 3.8) is 0 Å². The van der Waals surface area contributed by atoms with Gasteiger partial charge in [-0.05, 0) is 24.1 Å².